The number of fused-ring (bicyclic) bond motifs is 1. The van der Waals surface area contributed by atoms with Crippen LogP contribution in [0.2, 0.25) is 0 Å². The smallest absolute Gasteiger partial charge is 0.248 e. The van der Waals surface area contributed by atoms with Gasteiger partial charge in [-0.15, -0.1) is 0 Å². The van der Waals surface area contributed by atoms with Crippen LogP contribution in [0, 0.1) is 13.8 Å². The van der Waals surface area contributed by atoms with Crippen LogP contribution in [0.5, 0.6) is 0 Å². The highest BCUT2D eigenvalue weighted by molar-refractivity contribution is 7.92. The summed E-state index contributed by atoms with van der Waals surface area (Å²) in [6.07, 6.45) is 1.92. The SMILES string of the molecule is Cc1cccc(N(CC(=O)N2c3ccccc3C[C@H]2C)S(C)(=O)=O)c1C. The van der Waals surface area contributed by atoms with Gasteiger partial charge in [0.05, 0.1) is 11.9 Å². The van der Waals surface area contributed by atoms with Gasteiger partial charge >= 0.3 is 0 Å². The maximum absolute atomic E-state index is 13.1. The molecule has 138 valence electrons. The Bertz CT molecular complexity index is 953. The molecule has 26 heavy (non-hydrogen) atoms. The molecule has 0 saturated heterocycles. The predicted octanol–water partition coefficient (Wildman–Crippen LogP) is 3.05. The second-order valence-electron chi connectivity index (χ2n) is 6.93. The van der Waals surface area contributed by atoms with Crippen LogP contribution in [-0.4, -0.2) is 33.2 Å². The van der Waals surface area contributed by atoms with Gasteiger partial charge in [0.2, 0.25) is 15.9 Å². The average Bonchev–Trinajstić information content (AvgIpc) is 2.90. The van der Waals surface area contributed by atoms with Gasteiger partial charge in [-0.05, 0) is 56.0 Å². The summed E-state index contributed by atoms with van der Waals surface area (Å²) < 4.78 is 26.1. The second-order valence-corrected chi connectivity index (χ2v) is 8.84. The van der Waals surface area contributed by atoms with Gasteiger partial charge in [0.1, 0.15) is 6.54 Å². The molecule has 0 unspecified atom stereocenters. The lowest BCUT2D eigenvalue weighted by Crippen LogP contribution is -2.45. The second kappa shape index (κ2) is 6.76. The lowest BCUT2D eigenvalue weighted by Gasteiger charge is -2.29. The molecule has 1 amide bonds. The molecular weight excluding hydrogens is 348 g/mol. The minimum Gasteiger partial charge on any atom is -0.307 e. The minimum atomic E-state index is -3.59. The Kier molecular flexibility index (Phi) is 4.80. The minimum absolute atomic E-state index is 0.0138. The molecule has 1 aliphatic heterocycles. The number of aryl methyl sites for hydroxylation is 1. The molecule has 5 nitrogen and oxygen atoms in total. The van der Waals surface area contributed by atoms with Crippen molar-refractivity contribution in [3.8, 4) is 0 Å². The number of carbonyl (C=O) groups is 1. The molecule has 0 bridgehead atoms. The Labute approximate surface area is 155 Å². The number of rotatable bonds is 4. The standard InChI is InChI=1S/C20H24N2O3S/c1-14-8-7-11-18(16(14)3)21(26(4,24)25)13-20(23)22-15(2)12-17-9-5-6-10-19(17)22/h5-11,15H,12-13H2,1-4H3/t15-/m1/s1. The summed E-state index contributed by atoms with van der Waals surface area (Å²) in [4.78, 5) is 14.8. The fraction of sp³-hybridized carbons (Fsp3) is 0.350. The molecule has 3 rings (SSSR count). The molecule has 0 fully saturated rings. The van der Waals surface area contributed by atoms with Crippen molar-refractivity contribution in [2.45, 2.75) is 33.2 Å². The van der Waals surface area contributed by atoms with Crippen molar-refractivity contribution in [3.05, 3.63) is 59.2 Å². The van der Waals surface area contributed by atoms with Gasteiger partial charge in [0, 0.05) is 11.7 Å². The van der Waals surface area contributed by atoms with Crippen molar-refractivity contribution in [1.82, 2.24) is 0 Å². The predicted molar refractivity (Wildman–Crippen MR) is 105 cm³/mol. The Morgan fingerprint density at radius 1 is 1.15 bits per heavy atom. The molecule has 0 N–H and O–H groups in total. The summed E-state index contributed by atoms with van der Waals surface area (Å²) in [6, 6.07) is 13.3. The number of hydrogen-bond donors (Lipinski definition) is 0. The number of sulfonamides is 1. The van der Waals surface area contributed by atoms with Crippen LogP contribution < -0.4 is 9.21 Å². The summed E-state index contributed by atoms with van der Waals surface area (Å²) in [5, 5.41) is 0. The first kappa shape index (κ1) is 18.5. The molecule has 0 spiro atoms. The van der Waals surface area contributed by atoms with Crippen LogP contribution in [0.15, 0.2) is 42.5 Å². The van der Waals surface area contributed by atoms with Crippen molar-refractivity contribution in [1.29, 1.82) is 0 Å². The molecule has 1 heterocycles. The highest BCUT2D eigenvalue weighted by Crippen LogP contribution is 2.32. The third-order valence-electron chi connectivity index (χ3n) is 5.00. The van der Waals surface area contributed by atoms with E-state index >= 15 is 0 Å². The van der Waals surface area contributed by atoms with E-state index in [1.807, 2.05) is 57.2 Å². The van der Waals surface area contributed by atoms with Gasteiger partial charge in [-0.25, -0.2) is 8.42 Å². The lowest BCUT2D eigenvalue weighted by atomic mass is 10.1. The molecule has 1 atom stereocenters. The molecule has 0 aromatic heterocycles. The van der Waals surface area contributed by atoms with Crippen LogP contribution in [0.1, 0.15) is 23.6 Å². The van der Waals surface area contributed by atoms with Crippen LogP contribution >= 0.6 is 0 Å². The monoisotopic (exact) mass is 372 g/mol. The van der Waals surface area contributed by atoms with Crippen molar-refractivity contribution >= 4 is 27.3 Å². The van der Waals surface area contributed by atoms with Gasteiger partial charge in [0.25, 0.3) is 0 Å². The Balaban J connectivity index is 1.96. The zero-order valence-electron chi connectivity index (χ0n) is 15.6. The number of anilines is 2. The molecule has 0 aliphatic carbocycles. The van der Waals surface area contributed by atoms with E-state index in [2.05, 4.69) is 0 Å². The van der Waals surface area contributed by atoms with Crippen molar-refractivity contribution in [2.75, 3.05) is 22.0 Å². The molecule has 2 aromatic rings. The van der Waals surface area contributed by atoms with E-state index < -0.39 is 10.0 Å². The van der Waals surface area contributed by atoms with Gasteiger partial charge in [-0.3, -0.25) is 9.10 Å². The van der Waals surface area contributed by atoms with E-state index in [1.54, 1.807) is 11.0 Å². The third-order valence-corrected chi connectivity index (χ3v) is 6.13. The molecular formula is C20H24N2O3S. The maximum Gasteiger partial charge on any atom is 0.248 e. The number of hydrogen-bond acceptors (Lipinski definition) is 3. The highest BCUT2D eigenvalue weighted by atomic mass is 32.2. The van der Waals surface area contributed by atoms with E-state index in [0.717, 1.165) is 35.1 Å². The van der Waals surface area contributed by atoms with E-state index in [4.69, 9.17) is 0 Å². The fourth-order valence-electron chi connectivity index (χ4n) is 3.53. The molecule has 0 radical (unpaired) electrons. The topological polar surface area (TPSA) is 57.7 Å². The number of carbonyl (C=O) groups excluding carboxylic acids is 1. The summed E-state index contributed by atoms with van der Waals surface area (Å²) in [6.45, 7) is 5.59. The fourth-order valence-corrected chi connectivity index (χ4v) is 4.43. The van der Waals surface area contributed by atoms with E-state index in [-0.39, 0.29) is 18.5 Å². The first-order valence-electron chi connectivity index (χ1n) is 8.64. The average molecular weight is 372 g/mol. The number of amides is 1. The molecule has 0 saturated carbocycles. The third kappa shape index (κ3) is 3.33. The highest BCUT2D eigenvalue weighted by Gasteiger charge is 2.33. The summed E-state index contributed by atoms with van der Waals surface area (Å²) >= 11 is 0. The van der Waals surface area contributed by atoms with Crippen LogP contribution in [-0.2, 0) is 21.2 Å². The van der Waals surface area contributed by atoms with Gasteiger partial charge in [0.15, 0.2) is 0 Å². The molecule has 6 heteroatoms. The Morgan fingerprint density at radius 2 is 1.85 bits per heavy atom. The van der Waals surface area contributed by atoms with E-state index in [0.29, 0.717) is 5.69 Å². The zero-order chi connectivity index (χ0) is 19.1. The normalized spacial score (nSPS) is 16.5. The lowest BCUT2D eigenvalue weighted by molar-refractivity contribution is -0.117. The van der Waals surface area contributed by atoms with Gasteiger partial charge in [-0.1, -0.05) is 30.3 Å². The quantitative estimate of drug-likeness (QED) is 0.829. The zero-order valence-corrected chi connectivity index (χ0v) is 16.4. The summed E-state index contributed by atoms with van der Waals surface area (Å²) in [5.74, 6) is -0.214. The first-order chi connectivity index (χ1) is 12.2. The van der Waals surface area contributed by atoms with E-state index in [9.17, 15) is 13.2 Å². The van der Waals surface area contributed by atoms with Crippen molar-refractivity contribution < 1.29 is 13.2 Å². The van der Waals surface area contributed by atoms with Crippen LogP contribution in [0.25, 0.3) is 0 Å². The van der Waals surface area contributed by atoms with Crippen LogP contribution in [0.4, 0.5) is 11.4 Å². The Morgan fingerprint density at radius 3 is 2.54 bits per heavy atom. The number of nitrogens with zero attached hydrogens (tertiary/aromatic N) is 2. The van der Waals surface area contributed by atoms with Crippen molar-refractivity contribution in [3.63, 3.8) is 0 Å². The van der Waals surface area contributed by atoms with Crippen LogP contribution in [0.3, 0.4) is 0 Å². The van der Waals surface area contributed by atoms with E-state index in [1.165, 1.54) is 4.31 Å². The summed E-state index contributed by atoms with van der Waals surface area (Å²) in [5.41, 5.74) is 4.40. The number of benzene rings is 2. The largest absolute Gasteiger partial charge is 0.307 e. The Hall–Kier alpha value is -2.34. The number of para-hydroxylation sites is 1. The molecule has 1 aliphatic rings. The summed E-state index contributed by atoms with van der Waals surface area (Å²) in [7, 11) is -3.59. The first-order valence-corrected chi connectivity index (χ1v) is 10.5. The maximum atomic E-state index is 13.1. The van der Waals surface area contributed by atoms with Crippen molar-refractivity contribution in [2.24, 2.45) is 0 Å². The van der Waals surface area contributed by atoms with Gasteiger partial charge in [-0.2, -0.15) is 0 Å². The van der Waals surface area contributed by atoms with Gasteiger partial charge < -0.3 is 4.90 Å². The molecule has 2 aromatic carbocycles.